The lowest BCUT2D eigenvalue weighted by atomic mass is 10.1. The molecule has 1 heterocycles. The molecule has 130 valence electrons. The monoisotopic (exact) mass is 333 g/mol. The first-order valence-corrected chi connectivity index (χ1v) is 7.89. The SMILES string of the molecule is CN1CCN(C[C@H](O)CN(C)c2cc([N+](=O)[O-])ccc2C#N)CC1. The molecule has 8 nitrogen and oxygen atoms in total. The van der Waals surface area contributed by atoms with E-state index < -0.39 is 11.0 Å². The molecule has 1 aliphatic heterocycles. The number of benzene rings is 1. The Balaban J connectivity index is 2.00. The maximum absolute atomic E-state index is 10.9. The molecule has 1 aromatic carbocycles. The predicted molar refractivity (Wildman–Crippen MR) is 91.0 cm³/mol. The Bertz CT molecular complexity index is 623. The summed E-state index contributed by atoms with van der Waals surface area (Å²) in [5.74, 6) is 0. The summed E-state index contributed by atoms with van der Waals surface area (Å²) in [6.07, 6.45) is -0.593. The van der Waals surface area contributed by atoms with Crippen molar-refractivity contribution < 1.29 is 10.0 Å². The number of nitrogens with zero attached hydrogens (tertiary/aromatic N) is 5. The third-order valence-corrected chi connectivity index (χ3v) is 4.27. The summed E-state index contributed by atoms with van der Waals surface area (Å²) >= 11 is 0. The number of aliphatic hydroxyl groups excluding tert-OH is 1. The average Bonchev–Trinajstić information content (AvgIpc) is 2.56. The standard InChI is InChI=1S/C16H23N5O3/c1-18-5-7-20(8-6-18)12-15(22)11-19(2)16-9-14(21(23)24)4-3-13(16)10-17/h3-4,9,15,22H,5-8,11-12H2,1-2H3/t15-/m1/s1. The first-order valence-electron chi connectivity index (χ1n) is 7.89. The van der Waals surface area contributed by atoms with Gasteiger partial charge in [-0.15, -0.1) is 0 Å². The molecule has 2 rings (SSSR count). The summed E-state index contributed by atoms with van der Waals surface area (Å²) in [5, 5.41) is 30.5. The van der Waals surface area contributed by atoms with Gasteiger partial charge in [-0.1, -0.05) is 0 Å². The second kappa shape index (κ2) is 8.06. The van der Waals surface area contributed by atoms with Crippen molar-refractivity contribution in [1.82, 2.24) is 9.80 Å². The van der Waals surface area contributed by atoms with E-state index in [0.717, 1.165) is 26.2 Å². The molecule has 1 saturated heterocycles. The van der Waals surface area contributed by atoms with Crippen molar-refractivity contribution in [3.05, 3.63) is 33.9 Å². The van der Waals surface area contributed by atoms with Crippen LogP contribution in [0.3, 0.4) is 0 Å². The average molecular weight is 333 g/mol. The van der Waals surface area contributed by atoms with Crippen LogP contribution in [-0.2, 0) is 0 Å². The van der Waals surface area contributed by atoms with Crippen molar-refractivity contribution >= 4 is 11.4 Å². The van der Waals surface area contributed by atoms with Gasteiger partial charge in [0.05, 0.1) is 22.3 Å². The number of nitro groups is 1. The third kappa shape index (κ3) is 4.64. The van der Waals surface area contributed by atoms with Crippen LogP contribution in [0.1, 0.15) is 5.56 Å². The molecule has 0 aromatic heterocycles. The number of nitriles is 1. The molecule has 0 aliphatic carbocycles. The molecular formula is C16H23N5O3. The van der Waals surface area contributed by atoms with Crippen LogP contribution < -0.4 is 4.90 Å². The molecule has 1 N–H and O–H groups in total. The maximum atomic E-state index is 10.9. The minimum absolute atomic E-state index is 0.0654. The lowest BCUT2D eigenvalue weighted by molar-refractivity contribution is -0.384. The van der Waals surface area contributed by atoms with Gasteiger partial charge < -0.3 is 14.9 Å². The van der Waals surface area contributed by atoms with E-state index in [-0.39, 0.29) is 5.69 Å². The van der Waals surface area contributed by atoms with Gasteiger partial charge in [-0.2, -0.15) is 5.26 Å². The Labute approximate surface area is 141 Å². The van der Waals surface area contributed by atoms with Crippen molar-refractivity contribution in [3.8, 4) is 6.07 Å². The zero-order valence-electron chi connectivity index (χ0n) is 14.1. The quantitative estimate of drug-likeness (QED) is 0.598. The topological polar surface area (TPSA) is 96.9 Å². The zero-order chi connectivity index (χ0) is 17.7. The summed E-state index contributed by atoms with van der Waals surface area (Å²) in [6, 6.07) is 6.17. The van der Waals surface area contributed by atoms with Gasteiger partial charge in [0.2, 0.25) is 0 Å². The maximum Gasteiger partial charge on any atom is 0.271 e. The van der Waals surface area contributed by atoms with Crippen molar-refractivity contribution in [2.24, 2.45) is 0 Å². The van der Waals surface area contributed by atoms with E-state index in [0.29, 0.717) is 24.3 Å². The van der Waals surface area contributed by atoms with Crippen molar-refractivity contribution in [2.45, 2.75) is 6.10 Å². The van der Waals surface area contributed by atoms with Crippen LogP contribution in [0.4, 0.5) is 11.4 Å². The van der Waals surface area contributed by atoms with Gasteiger partial charge in [0.25, 0.3) is 5.69 Å². The minimum Gasteiger partial charge on any atom is -0.390 e. The molecule has 0 radical (unpaired) electrons. The Hall–Kier alpha value is -2.21. The van der Waals surface area contributed by atoms with E-state index in [9.17, 15) is 20.5 Å². The molecule has 8 heteroatoms. The number of hydrogen-bond acceptors (Lipinski definition) is 7. The van der Waals surface area contributed by atoms with E-state index >= 15 is 0 Å². The highest BCUT2D eigenvalue weighted by Crippen LogP contribution is 2.25. The smallest absolute Gasteiger partial charge is 0.271 e. The molecule has 0 saturated carbocycles. The Morgan fingerprint density at radius 1 is 1.42 bits per heavy atom. The number of likely N-dealkylation sites (N-methyl/N-ethyl adjacent to an activating group) is 2. The van der Waals surface area contributed by atoms with E-state index in [1.807, 2.05) is 6.07 Å². The molecule has 0 unspecified atom stereocenters. The molecule has 1 aromatic rings. The number of β-amino-alcohol motifs (C(OH)–C–C–N with tert-alkyl or cyclic N) is 1. The lowest BCUT2D eigenvalue weighted by Gasteiger charge is -2.34. The fourth-order valence-corrected chi connectivity index (χ4v) is 2.84. The summed E-state index contributed by atoms with van der Waals surface area (Å²) in [6.45, 7) is 4.64. The number of anilines is 1. The second-order valence-corrected chi connectivity index (χ2v) is 6.21. The number of hydrogen-bond donors (Lipinski definition) is 1. The third-order valence-electron chi connectivity index (χ3n) is 4.27. The van der Waals surface area contributed by atoms with Crippen LogP contribution in [0.5, 0.6) is 0 Å². The predicted octanol–water partition coefficient (Wildman–Crippen LogP) is 0.511. The Kier molecular flexibility index (Phi) is 6.09. The van der Waals surface area contributed by atoms with Gasteiger partial charge in [0.1, 0.15) is 6.07 Å². The van der Waals surface area contributed by atoms with Gasteiger partial charge in [0, 0.05) is 58.4 Å². The van der Waals surface area contributed by atoms with Gasteiger partial charge in [0.15, 0.2) is 0 Å². The lowest BCUT2D eigenvalue weighted by Crippen LogP contribution is -2.48. The summed E-state index contributed by atoms with van der Waals surface area (Å²) in [5.41, 5.74) is 0.753. The van der Waals surface area contributed by atoms with Gasteiger partial charge in [-0.25, -0.2) is 0 Å². The van der Waals surface area contributed by atoms with Gasteiger partial charge in [-0.05, 0) is 13.1 Å². The highest BCUT2D eigenvalue weighted by molar-refractivity contribution is 5.63. The van der Waals surface area contributed by atoms with Crippen LogP contribution >= 0.6 is 0 Å². The summed E-state index contributed by atoms with van der Waals surface area (Å²) in [7, 11) is 3.81. The fraction of sp³-hybridized carbons (Fsp3) is 0.562. The second-order valence-electron chi connectivity index (χ2n) is 6.21. The van der Waals surface area contributed by atoms with Crippen molar-refractivity contribution in [2.75, 3.05) is 58.3 Å². The Morgan fingerprint density at radius 3 is 2.67 bits per heavy atom. The van der Waals surface area contributed by atoms with E-state index in [4.69, 9.17) is 0 Å². The Morgan fingerprint density at radius 2 is 2.08 bits per heavy atom. The molecule has 1 fully saturated rings. The van der Waals surface area contributed by atoms with Crippen molar-refractivity contribution in [3.63, 3.8) is 0 Å². The molecule has 0 amide bonds. The van der Waals surface area contributed by atoms with Crippen LogP contribution in [0.2, 0.25) is 0 Å². The largest absolute Gasteiger partial charge is 0.390 e. The van der Waals surface area contributed by atoms with E-state index in [1.165, 1.54) is 18.2 Å². The number of piperazine rings is 1. The number of aliphatic hydroxyl groups is 1. The highest BCUT2D eigenvalue weighted by atomic mass is 16.6. The molecular weight excluding hydrogens is 310 g/mol. The van der Waals surface area contributed by atoms with Crippen molar-refractivity contribution in [1.29, 1.82) is 5.26 Å². The molecule has 0 spiro atoms. The zero-order valence-corrected chi connectivity index (χ0v) is 14.1. The normalized spacial score (nSPS) is 17.2. The van der Waals surface area contributed by atoms with E-state index in [1.54, 1.807) is 11.9 Å². The van der Waals surface area contributed by atoms with Crippen LogP contribution in [0.15, 0.2) is 18.2 Å². The summed E-state index contributed by atoms with van der Waals surface area (Å²) in [4.78, 5) is 16.6. The number of rotatable bonds is 6. The first-order chi connectivity index (χ1) is 11.4. The molecule has 24 heavy (non-hydrogen) atoms. The van der Waals surface area contributed by atoms with E-state index in [2.05, 4.69) is 16.8 Å². The molecule has 1 atom stereocenters. The first kappa shape index (κ1) is 18.1. The van der Waals surface area contributed by atoms with Gasteiger partial charge in [-0.3, -0.25) is 15.0 Å². The molecule has 0 bridgehead atoms. The highest BCUT2D eigenvalue weighted by Gasteiger charge is 2.20. The van der Waals surface area contributed by atoms with Gasteiger partial charge >= 0.3 is 0 Å². The van der Waals surface area contributed by atoms with Crippen LogP contribution in [0, 0.1) is 21.4 Å². The minimum atomic E-state index is -0.593. The van der Waals surface area contributed by atoms with Crippen LogP contribution in [0.25, 0.3) is 0 Å². The van der Waals surface area contributed by atoms with Crippen LogP contribution in [-0.4, -0.2) is 79.3 Å². The molecule has 1 aliphatic rings. The number of nitro benzene ring substituents is 1. The fourth-order valence-electron chi connectivity index (χ4n) is 2.84. The summed E-state index contributed by atoms with van der Waals surface area (Å²) < 4.78 is 0. The number of non-ortho nitro benzene ring substituents is 1.